The van der Waals surface area contributed by atoms with Crippen molar-refractivity contribution in [2.24, 2.45) is 5.41 Å². The number of nitrogens with zero attached hydrogens (tertiary/aromatic N) is 1. The number of alkyl carbamates (subject to hydrolysis) is 1. The Kier molecular flexibility index (Phi) is 12.0. The largest absolute Gasteiger partial charge is 0.697 e. The van der Waals surface area contributed by atoms with Crippen molar-refractivity contribution in [1.82, 2.24) is 15.5 Å². The Bertz CT molecular complexity index is 878. The average Bonchev–Trinajstić information content (AvgIpc) is 3.03. The summed E-state index contributed by atoms with van der Waals surface area (Å²) in [4.78, 5) is 35.6. The number of urea groups is 1. The van der Waals surface area contributed by atoms with Crippen molar-refractivity contribution in [3.05, 3.63) is 12.3 Å². The van der Waals surface area contributed by atoms with Crippen LogP contribution in [0, 0.1) is 5.41 Å². The Labute approximate surface area is 225 Å². The van der Waals surface area contributed by atoms with Gasteiger partial charge in [-0.05, 0) is 26.3 Å². The predicted octanol–water partition coefficient (Wildman–Crippen LogP) is 2.04. The van der Waals surface area contributed by atoms with Crippen molar-refractivity contribution >= 4 is 48.9 Å². The van der Waals surface area contributed by atoms with E-state index < -0.39 is 55.3 Å². The summed E-state index contributed by atoms with van der Waals surface area (Å²) < 4.78 is 32.9. The van der Waals surface area contributed by atoms with Crippen LogP contribution in [0.2, 0.25) is 0 Å². The van der Waals surface area contributed by atoms with E-state index in [0.717, 1.165) is 16.7 Å². The number of ether oxygens (including phenoxy) is 2. The number of halogens is 1. The first-order chi connectivity index (χ1) is 17.3. The molecule has 4 N–H and O–H groups in total. The lowest BCUT2D eigenvalue weighted by Gasteiger charge is -2.35. The van der Waals surface area contributed by atoms with E-state index in [4.69, 9.17) is 30.1 Å². The van der Waals surface area contributed by atoms with Gasteiger partial charge < -0.3 is 30.3 Å². The second-order valence-electron chi connectivity index (χ2n) is 9.04. The molecule has 6 atom stereocenters. The van der Waals surface area contributed by atoms with Crippen LogP contribution in [0.5, 0.6) is 0 Å². The Balaban J connectivity index is 1.71. The van der Waals surface area contributed by atoms with E-state index in [-0.39, 0.29) is 37.2 Å². The Morgan fingerprint density at radius 3 is 2.73 bits per heavy atom. The molecule has 210 valence electrons. The minimum atomic E-state index is -2.58. The maximum Gasteiger partial charge on any atom is 0.697 e. The molecule has 13 nitrogen and oxygen atoms in total. The molecule has 37 heavy (non-hydrogen) atoms. The fourth-order valence-corrected chi connectivity index (χ4v) is 5.25. The highest BCUT2D eigenvalue weighted by molar-refractivity contribution is 8.13. The van der Waals surface area contributed by atoms with Gasteiger partial charge in [-0.25, -0.2) is 9.59 Å². The molecule has 1 saturated heterocycles. The standard InChI is InChI=1S/C21H33ClN3O10PS/c1-5-32-19(30)23-8-7-20(2,3)17(28)37-11-10-33-36(31)34-12-13-15(27)21(4,22)16(35-13)25-9-6-14(26)24-18(25)29/h6,9,13-16,26-27H,5,7-8,10-12H2,1-4H3,(H-,23,24,29,30)/p+1. The quantitative estimate of drug-likeness (QED) is 0.141. The summed E-state index contributed by atoms with van der Waals surface area (Å²) in [5.41, 5.74) is -0.706. The number of aliphatic hydroxyl groups excluding tert-OH is 2. The molecule has 2 rings (SSSR count). The van der Waals surface area contributed by atoms with Gasteiger partial charge in [0.2, 0.25) is 0 Å². The van der Waals surface area contributed by atoms with Crippen molar-refractivity contribution in [2.45, 2.75) is 63.7 Å². The number of aliphatic hydroxyl groups is 2. The molecular formula is C21H34ClN3O10PS+. The van der Waals surface area contributed by atoms with Crippen LogP contribution in [0.15, 0.2) is 12.3 Å². The minimum absolute atomic E-state index is 0.0340. The summed E-state index contributed by atoms with van der Waals surface area (Å²) in [5.74, 6) is 0.227. The highest BCUT2D eigenvalue weighted by atomic mass is 35.5. The van der Waals surface area contributed by atoms with Gasteiger partial charge >= 0.3 is 20.4 Å². The molecule has 2 aliphatic rings. The fourth-order valence-electron chi connectivity index (χ4n) is 3.40. The fraction of sp³-hybridized carbons (Fsp3) is 0.762. The first-order valence-electron chi connectivity index (χ1n) is 11.6. The molecular weight excluding hydrogens is 553 g/mol. The molecule has 3 amide bonds. The normalized spacial score (nSPS) is 28.1. The molecule has 2 heterocycles. The van der Waals surface area contributed by atoms with E-state index in [1.165, 1.54) is 19.2 Å². The number of amides is 3. The smallest absolute Gasteiger partial charge is 0.450 e. The molecule has 0 spiro atoms. The molecule has 0 bridgehead atoms. The lowest BCUT2D eigenvalue weighted by atomic mass is 9.91. The summed E-state index contributed by atoms with van der Waals surface area (Å²) in [5, 5.41) is 24.8. The van der Waals surface area contributed by atoms with Gasteiger partial charge in [0, 0.05) is 28.5 Å². The first kappa shape index (κ1) is 31.7. The van der Waals surface area contributed by atoms with Gasteiger partial charge in [0.25, 0.3) is 0 Å². The maximum atomic E-state index is 12.5. The van der Waals surface area contributed by atoms with Crippen molar-refractivity contribution in [2.75, 3.05) is 32.1 Å². The molecule has 6 unspecified atom stereocenters. The molecule has 0 aliphatic carbocycles. The molecule has 0 aromatic carbocycles. The summed E-state index contributed by atoms with van der Waals surface area (Å²) in [6.07, 6.45) is -2.04. The molecule has 1 fully saturated rings. The van der Waals surface area contributed by atoms with Crippen LogP contribution in [0.3, 0.4) is 0 Å². The van der Waals surface area contributed by atoms with E-state index in [2.05, 4.69) is 10.6 Å². The van der Waals surface area contributed by atoms with Crippen LogP contribution < -0.4 is 10.6 Å². The summed E-state index contributed by atoms with van der Waals surface area (Å²) in [6, 6.07) is -0.666. The van der Waals surface area contributed by atoms with E-state index in [9.17, 15) is 29.2 Å². The summed E-state index contributed by atoms with van der Waals surface area (Å²) >= 11 is 7.46. The molecule has 2 aliphatic heterocycles. The van der Waals surface area contributed by atoms with Crippen LogP contribution in [0.4, 0.5) is 9.59 Å². The van der Waals surface area contributed by atoms with Crippen molar-refractivity contribution in [3.8, 4) is 0 Å². The number of rotatable bonds is 13. The number of carbonyl (C=O) groups is 3. The summed E-state index contributed by atoms with van der Waals surface area (Å²) in [7, 11) is -2.58. The van der Waals surface area contributed by atoms with Crippen LogP contribution >= 0.6 is 31.6 Å². The summed E-state index contributed by atoms with van der Waals surface area (Å²) in [6.45, 7) is 6.88. The highest BCUT2D eigenvalue weighted by Gasteiger charge is 2.56. The monoisotopic (exact) mass is 586 g/mol. The second kappa shape index (κ2) is 14.0. The third-order valence-corrected chi connectivity index (χ3v) is 7.96. The Hall–Kier alpha value is -1.51. The van der Waals surface area contributed by atoms with Crippen LogP contribution in [-0.2, 0) is 27.9 Å². The zero-order chi connectivity index (χ0) is 27.8. The topological polar surface area (TPSA) is 173 Å². The van der Waals surface area contributed by atoms with Gasteiger partial charge in [0.1, 0.15) is 36.5 Å². The van der Waals surface area contributed by atoms with Crippen LogP contribution in [0.1, 0.15) is 34.1 Å². The molecule has 0 saturated carbocycles. The number of nitrogens with one attached hydrogen (secondary N) is 2. The lowest BCUT2D eigenvalue weighted by Crippen LogP contribution is -2.55. The van der Waals surface area contributed by atoms with E-state index in [0.29, 0.717) is 6.42 Å². The minimum Gasteiger partial charge on any atom is -0.450 e. The third-order valence-electron chi connectivity index (χ3n) is 5.61. The number of alkyl halides is 1. The van der Waals surface area contributed by atoms with Gasteiger partial charge in [0.05, 0.1) is 6.61 Å². The second-order valence-corrected chi connectivity index (χ2v) is 11.9. The van der Waals surface area contributed by atoms with Gasteiger partial charge in [-0.2, -0.15) is 0 Å². The van der Waals surface area contributed by atoms with E-state index >= 15 is 0 Å². The van der Waals surface area contributed by atoms with Gasteiger partial charge in [0.15, 0.2) is 11.3 Å². The van der Waals surface area contributed by atoms with Crippen LogP contribution in [-0.4, -0.2) is 94.0 Å². The number of hydrogen-bond acceptors (Lipinski definition) is 11. The van der Waals surface area contributed by atoms with E-state index in [1.54, 1.807) is 20.8 Å². The van der Waals surface area contributed by atoms with Gasteiger partial charge in [-0.15, -0.1) is 20.6 Å². The predicted molar refractivity (Wildman–Crippen MR) is 135 cm³/mol. The van der Waals surface area contributed by atoms with Crippen molar-refractivity contribution in [1.29, 1.82) is 0 Å². The lowest BCUT2D eigenvalue weighted by molar-refractivity contribution is -0.118. The first-order valence-corrected chi connectivity index (χ1v) is 14.0. The Morgan fingerprint density at radius 1 is 1.38 bits per heavy atom. The average molecular weight is 587 g/mol. The number of hydrogen-bond donors (Lipinski definition) is 4. The van der Waals surface area contributed by atoms with E-state index in [1.807, 2.05) is 0 Å². The zero-order valence-electron chi connectivity index (χ0n) is 21.0. The number of carbonyl (C=O) groups excluding carboxylic acids is 3. The van der Waals surface area contributed by atoms with Gasteiger partial charge in [-0.3, -0.25) is 9.69 Å². The van der Waals surface area contributed by atoms with Gasteiger partial charge in [-0.1, -0.05) is 25.6 Å². The Morgan fingerprint density at radius 2 is 2.08 bits per heavy atom. The van der Waals surface area contributed by atoms with Crippen LogP contribution in [0.25, 0.3) is 0 Å². The van der Waals surface area contributed by atoms with Crippen molar-refractivity contribution in [3.63, 3.8) is 0 Å². The molecule has 16 heteroatoms. The third kappa shape index (κ3) is 9.03. The molecule has 0 aromatic heterocycles. The zero-order valence-corrected chi connectivity index (χ0v) is 23.5. The number of thioether (sulfide) groups is 1. The SMILES string of the molecule is CCOC(=O)NCCC(C)(C)C(=O)SCCO[P+](=O)OCC1OC(N2C=CC(O)NC2=O)C(C)(Cl)C1O. The maximum absolute atomic E-state index is 12.5. The van der Waals surface area contributed by atoms with Crippen molar-refractivity contribution < 1.29 is 47.7 Å². The molecule has 0 radical (unpaired) electrons. The highest BCUT2D eigenvalue weighted by Crippen LogP contribution is 2.40. The molecule has 0 aromatic rings.